The molecular formula is C12H9N3. The number of rotatable bonds is 0. The molecule has 72 valence electrons. The molecule has 15 heavy (non-hydrogen) atoms. The molecular weight excluding hydrogens is 186 g/mol. The van der Waals surface area contributed by atoms with Gasteiger partial charge in [0.15, 0.2) is 5.84 Å². The number of hydrogen-bond donors (Lipinski definition) is 2. The highest BCUT2D eigenvalue weighted by Gasteiger charge is 2.18. The van der Waals surface area contributed by atoms with E-state index in [9.17, 15) is 0 Å². The second-order valence-electron chi connectivity index (χ2n) is 3.59. The van der Waals surface area contributed by atoms with Crippen LogP contribution in [0.1, 0.15) is 11.1 Å². The van der Waals surface area contributed by atoms with Gasteiger partial charge in [0.25, 0.3) is 0 Å². The topological polar surface area (TPSA) is 62.2 Å². The minimum Gasteiger partial charge on any atom is -0.383 e. The molecule has 0 amide bonds. The molecule has 0 aliphatic carbocycles. The predicted octanol–water partition coefficient (Wildman–Crippen LogP) is 1.88. The van der Waals surface area contributed by atoms with Crippen LogP contribution in [0.15, 0.2) is 41.4 Å². The molecule has 2 aromatic rings. The van der Waals surface area contributed by atoms with Crippen molar-refractivity contribution in [3.05, 3.63) is 47.5 Å². The van der Waals surface area contributed by atoms with Crippen LogP contribution in [-0.4, -0.2) is 11.7 Å². The van der Waals surface area contributed by atoms with Gasteiger partial charge >= 0.3 is 0 Å². The number of nitrogens with two attached hydrogens (primary N) is 1. The lowest BCUT2D eigenvalue weighted by atomic mass is 10.0. The van der Waals surface area contributed by atoms with Crippen molar-refractivity contribution in [2.45, 2.75) is 0 Å². The Bertz CT molecular complexity index is 611. The summed E-state index contributed by atoms with van der Waals surface area (Å²) in [6.07, 6.45) is 0. The van der Waals surface area contributed by atoms with E-state index in [1.54, 1.807) is 0 Å². The molecule has 0 spiro atoms. The number of nitrogens with one attached hydrogen (secondary N) is 1. The zero-order valence-electron chi connectivity index (χ0n) is 7.99. The van der Waals surface area contributed by atoms with Crippen LogP contribution >= 0.6 is 0 Å². The summed E-state index contributed by atoms with van der Waals surface area (Å²) in [5.74, 6) is 0.703. The first-order valence-electron chi connectivity index (χ1n) is 4.72. The van der Waals surface area contributed by atoms with Gasteiger partial charge in [0, 0.05) is 11.1 Å². The summed E-state index contributed by atoms with van der Waals surface area (Å²) in [6.45, 7) is 0. The number of hydrogen-bond acceptors (Lipinski definition) is 2. The Labute approximate surface area is 86.8 Å². The van der Waals surface area contributed by atoms with Gasteiger partial charge < -0.3 is 5.73 Å². The molecule has 3 nitrogen and oxygen atoms in total. The van der Waals surface area contributed by atoms with Crippen LogP contribution in [0.5, 0.6) is 0 Å². The van der Waals surface area contributed by atoms with E-state index in [0.717, 1.165) is 21.9 Å². The van der Waals surface area contributed by atoms with Gasteiger partial charge in [-0.1, -0.05) is 24.3 Å². The summed E-state index contributed by atoms with van der Waals surface area (Å²) in [5.41, 5.74) is 7.44. The zero-order chi connectivity index (χ0) is 10.4. The Balaban J connectivity index is 2.41. The van der Waals surface area contributed by atoms with Crippen LogP contribution in [0.2, 0.25) is 0 Å². The predicted molar refractivity (Wildman–Crippen MR) is 61.5 cm³/mol. The van der Waals surface area contributed by atoms with E-state index in [-0.39, 0.29) is 5.84 Å². The highest BCUT2D eigenvalue weighted by molar-refractivity contribution is 6.22. The lowest BCUT2D eigenvalue weighted by Crippen LogP contribution is -2.10. The van der Waals surface area contributed by atoms with E-state index >= 15 is 0 Å². The minimum absolute atomic E-state index is 0.258. The van der Waals surface area contributed by atoms with Crippen LogP contribution in [-0.2, 0) is 0 Å². The lowest BCUT2D eigenvalue weighted by Gasteiger charge is -2.02. The fourth-order valence-corrected chi connectivity index (χ4v) is 1.89. The summed E-state index contributed by atoms with van der Waals surface area (Å²) in [7, 11) is 0. The van der Waals surface area contributed by atoms with Crippen molar-refractivity contribution in [3.63, 3.8) is 0 Å². The fraction of sp³-hybridized carbons (Fsp3) is 0. The molecule has 3 heteroatoms. The maximum Gasteiger partial charge on any atom is 0.154 e. The maximum atomic E-state index is 7.67. The van der Waals surface area contributed by atoms with Crippen LogP contribution in [0.25, 0.3) is 10.8 Å². The van der Waals surface area contributed by atoms with Crippen LogP contribution in [0, 0.1) is 5.41 Å². The maximum absolute atomic E-state index is 7.67. The Kier molecular flexibility index (Phi) is 1.45. The molecule has 2 aromatic carbocycles. The largest absolute Gasteiger partial charge is 0.383 e. The second kappa shape index (κ2) is 2.67. The third-order valence-corrected chi connectivity index (χ3v) is 2.65. The Morgan fingerprint density at radius 3 is 2.27 bits per heavy atom. The highest BCUT2D eigenvalue weighted by atomic mass is 14.9. The highest BCUT2D eigenvalue weighted by Crippen LogP contribution is 2.23. The van der Waals surface area contributed by atoms with Crippen LogP contribution in [0.4, 0.5) is 0 Å². The fourth-order valence-electron chi connectivity index (χ4n) is 1.89. The first-order chi connectivity index (χ1) is 7.25. The number of nitrogens with zero attached hydrogens (tertiary/aromatic N) is 1. The molecule has 0 atom stereocenters. The van der Waals surface area contributed by atoms with Crippen molar-refractivity contribution < 1.29 is 0 Å². The summed E-state index contributed by atoms with van der Waals surface area (Å²) in [6, 6.07) is 12.0. The molecule has 0 unspecified atom stereocenters. The first-order valence-corrected chi connectivity index (χ1v) is 4.72. The SMILES string of the molecule is N=C1N=C(N)c2cc3ccccc3cc21. The monoisotopic (exact) mass is 195 g/mol. The number of aliphatic imine (C=N–C) groups is 1. The van der Waals surface area contributed by atoms with Gasteiger partial charge in [0.1, 0.15) is 5.84 Å². The molecule has 0 aromatic heterocycles. The van der Waals surface area contributed by atoms with Crippen LogP contribution < -0.4 is 5.73 Å². The Morgan fingerprint density at radius 1 is 1.00 bits per heavy atom. The zero-order valence-corrected chi connectivity index (χ0v) is 7.99. The Hall–Kier alpha value is -2.16. The van der Waals surface area contributed by atoms with Crippen molar-refractivity contribution in [1.82, 2.24) is 0 Å². The third-order valence-electron chi connectivity index (χ3n) is 2.65. The van der Waals surface area contributed by atoms with E-state index < -0.39 is 0 Å². The number of benzene rings is 2. The molecule has 0 bridgehead atoms. The number of amidine groups is 2. The summed E-state index contributed by atoms with van der Waals surface area (Å²) in [5, 5.41) is 9.91. The molecule has 0 saturated heterocycles. The summed E-state index contributed by atoms with van der Waals surface area (Å²) in [4.78, 5) is 3.96. The molecule has 1 heterocycles. The average Bonchev–Trinajstić information content (AvgIpc) is 2.52. The van der Waals surface area contributed by atoms with Gasteiger partial charge in [-0.2, -0.15) is 0 Å². The molecule has 3 N–H and O–H groups in total. The van der Waals surface area contributed by atoms with Gasteiger partial charge in [0.05, 0.1) is 0 Å². The van der Waals surface area contributed by atoms with Gasteiger partial charge in [-0.15, -0.1) is 0 Å². The minimum atomic E-state index is 0.258. The van der Waals surface area contributed by atoms with Crippen molar-refractivity contribution in [2.24, 2.45) is 10.7 Å². The van der Waals surface area contributed by atoms with Gasteiger partial charge in [0.2, 0.25) is 0 Å². The lowest BCUT2D eigenvalue weighted by molar-refractivity contribution is 1.45. The van der Waals surface area contributed by atoms with Gasteiger partial charge in [-0.05, 0) is 22.9 Å². The third kappa shape index (κ3) is 1.06. The summed E-state index contributed by atoms with van der Waals surface area (Å²) >= 11 is 0. The van der Waals surface area contributed by atoms with E-state index in [4.69, 9.17) is 11.1 Å². The summed E-state index contributed by atoms with van der Waals surface area (Å²) < 4.78 is 0. The first kappa shape index (κ1) is 8.17. The molecule has 1 aliphatic heterocycles. The van der Waals surface area contributed by atoms with Crippen LogP contribution in [0.3, 0.4) is 0 Å². The van der Waals surface area contributed by atoms with Crippen molar-refractivity contribution in [1.29, 1.82) is 5.41 Å². The molecule has 0 saturated carbocycles. The molecule has 0 radical (unpaired) electrons. The standard InChI is InChI=1S/C12H9N3/c13-11-9-5-7-3-1-2-4-8(7)6-10(9)12(14)15-11/h1-6H,(H3,13,14,15). The quantitative estimate of drug-likeness (QED) is 0.662. The van der Waals surface area contributed by atoms with Crippen molar-refractivity contribution in [3.8, 4) is 0 Å². The van der Waals surface area contributed by atoms with Crippen molar-refractivity contribution >= 4 is 22.4 Å². The van der Waals surface area contributed by atoms with Crippen molar-refractivity contribution in [2.75, 3.05) is 0 Å². The van der Waals surface area contributed by atoms with Gasteiger partial charge in [-0.25, -0.2) is 4.99 Å². The number of fused-ring (bicyclic) bond motifs is 2. The Morgan fingerprint density at radius 2 is 1.60 bits per heavy atom. The van der Waals surface area contributed by atoms with E-state index in [2.05, 4.69) is 4.99 Å². The second-order valence-corrected chi connectivity index (χ2v) is 3.59. The normalized spacial score (nSPS) is 14.1. The molecule has 0 fully saturated rings. The van der Waals surface area contributed by atoms with Gasteiger partial charge in [-0.3, -0.25) is 5.41 Å². The molecule has 3 rings (SSSR count). The van der Waals surface area contributed by atoms with E-state index in [1.165, 1.54) is 0 Å². The average molecular weight is 195 g/mol. The molecule has 1 aliphatic rings. The van der Waals surface area contributed by atoms with E-state index in [1.807, 2.05) is 36.4 Å². The van der Waals surface area contributed by atoms with E-state index in [0.29, 0.717) is 5.84 Å². The smallest absolute Gasteiger partial charge is 0.154 e.